The van der Waals surface area contributed by atoms with Gasteiger partial charge in [-0.2, -0.15) is 0 Å². The van der Waals surface area contributed by atoms with Crippen molar-refractivity contribution in [3.8, 4) is 0 Å². The summed E-state index contributed by atoms with van der Waals surface area (Å²) >= 11 is 0. The number of hydrogen-bond donors (Lipinski definition) is 0. The largest absolute Gasteiger partial charge is 0.298 e. The summed E-state index contributed by atoms with van der Waals surface area (Å²) in [6.07, 6.45) is 5.70. The zero-order chi connectivity index (χ0) is 11.2. The third-order valence-electron chi connectivity index (χ3n) is 5.49. The van der Waals surface area contributed by atoms with E-state index in [0.29, 0.717) is 11.8 Å². The van der Waals surface area contributed by atoms with Crippen molar-refractivity contribution >= 4 is 11.6 Å². The lowest BCUT2D eigenvalue weighted by Crippen LogP contribution is -2.40. The van der Waals surface area contributed by atoms with Crippen molar-refractivity contribution in [1.82, 2.24) is 0 Å². The van der Waals surface area contributed by atoms with Gasteiger partial charge >= 0.3 is 0 Å². The molecule has 3 fully saturated rings. The first kappa shape index (κ1) is 9.15. The Hall–Kier alpha value is -0.920. The van der Waals surface area contributed by atoms with Gasteiger partial charge in [0.05, 0.1) is 5.41 Å². The van der Waals surface area contributed by atoms with E-state index in [9.17, 15) is 9.59 Å². The Bertz CT molecular complexity index is 408. The summed E-state index contributed by atoms with van der Waals surface area (Å²) in [5, 5.41) is 0. The van der Waals surface area contributed by atoms with Gasteiger partial charge in [0.25, 0.3) is 0 Å². The number of carbonyl (C=O) groups is 2. The van der Waals surface area contributed by atoms with Gasteiger partial charge in [0.1, 0.15) is 11.6 Å². The fourth-order valence-corrected chi connectivity index (χ4v) is 4.54. The Kier molecular flexibility index (Phi) is 1.34. The highest BCUT2D eigenvalue weighted by Gasteiger charge is 2.68. The molecule has 84 valence electrons. The van der Waals surface area contributed by atoms with Crippen LogP contribution in [0.3, 0.4) is 0 Å². The van der Waals surface area contributed by atoms with Crippen LogP contribution in [0.1, 0.15) is 20.3 Å². The van der Waals surface area contributed by atoms with Crippen molar-refractivity contribution in [2.75, 3.05) is 0 Å². The predicted octanol–water partition coefficient (Wildman–Crippen LogP) is 1.85. The van der Waals surface area contributed by atoms with Crippen molar-refractivity contribution in [3.63, 3.8) is 0 Å². The minimum absolute atomic E-state index is 0.0289. The van der Waals surface area contributed by atoms with Gasteiger partial charge in [-0.3, -0.25) is 9.59 Å². The van der Waals surface area contributed by atoms with E-state index in [-0.39, 0.29) is 23.4 Å². The molecule has 0 amide bonds. The molecule has 2 heteroatoms. The molecule has 0 aliphatic heterocycles. The molecule has 0 aromatic carbocycles. The number of rotatable bonds is 0. The first-order chi connectivity index (χ1) is 7.53. The average molecular weight is 216 g/mol. The Balaban J connectivity index is 1.88. The molecular formula is C14H16O2. The highest BCUT2D eigenvalue weighted by atomic mass is 16.2. The third-order valence-corrected chi connectivity index (χ3v) is 5.49. The van der Waals surface area contributed by atoms with Crippen molar-refractivity contribution in [2.24, 2.45) is 40.9 Å². The van der Waals surface area contributed by atoms with E-state index in [1.54, 1.807) is 0 Å². The number of hydrogen-bond acceptors (Lipinski definition) is 2. The maximum absolute atomic E-state index is 12.4. The van der Waals surface area contributed by atoms with Gasteiger partial charge in [0.2, 0.25) is 0 Å². The second kappa shape index (κ2) is 2.34. The molecule has 0 radical (unpaired) electrons. The lowest BCUT2D eigenvalue weighted by Gasteiger charge is -2.39. The predicted molar refractivity (Wildman–Crippen MR) is 58.5 cm³/mol. The van der Waals surface area contributed by atoms with E-state index in [1.807, 2.05) is 13.8 Å². The standard InChI is InChI=1S/C14H16O2/c1-14(2)12(15)10-6-3-4-7(9-5-8(6)9)11(10)13(14)16/h3-4,6-11H,5H2,1-2H3/t6-,7-,8-,9+,10+,11+/m0/s1. The van der Waals surface area contributed by atoms with Gasteiger partial charge < -0.3 is 0 Å². The minimum Gasteiger partial charge on any atom is -0.298 e. The Labute approximate surface area is 95.1 Å². The number of carbonyl (C=O) groups excluding carboxylic acids is 2. The molecule has 0 spiro atoms. The average Bonchev–Trinajstić information content (AvgIpc) is 3.03. The zero-order valence-electron chi connectivity index (χ0n) is 9.64. The second-order valence-corrected chi connectivity index (χ2v) is 6.51. The van der Waals surface area contributed by atoms with Crippen LogP contribution in [0.25, 0.3) is 0 Å². The van der Waals surface area contributed by atoms with E-state index < -0.39 is 5.41 Å². The molecule has 2 nitrogen and oxygen atoms in total. The van der Waals surface area contributed by atoms with Gasteiger partial charge in [-0.15, -0.1) is 0 Å². The van der Waals surface area contributed by atoms with Crippen LogP contribution in [-0.2, 0) is 9.59 Å². The molecule has 0 saturated heterocycles. The number of ketones is 2. The van der Waals surface area contributed by atoms with Crippen molar-refractivity contribution in [1.29, 1.82) is 0 Å². The first-order valence-corrected chi connectivity index (χ1v) is 6.30. The molecule has 6 atom stereocenters. The number of allylic oxidation sites excluding steroid dienone is 2. The van der Waals surface area contributed by atoms with Crippen LogP contribution in [-0.4, -0.2) is 11.6 Å². The zero-order valence-corrected chi connectivity index (χ0v) is 9.64. The molecule has 16 heavy (non-hydrogen) atoms. The minimum atomic E-state index is -0.714. The van der Waals surface area contributed by atoms with E-state index in [1.165, 1.54) is 6.42 Å². The van der Waals surface area contributed by atoms with Gasteiger partial charge in [-0.1, -0.05) is 12.2 Å². The lowest BCUT2D eigenvalue weighted by molar-refractivity contribution is -0.134. The molecule has 5 aliphatic rings. The summed E-state index contributed by atoms with van der Waals surface area (Å²) in [5.74, 6) is 2.71. The fraction of sp³-hybridized carbons (Fsp3) is 0.714. The SMILES string of the molecule is CC1(C)C(=O)[C@@H]2[C@H]3C=C[C@@H]([C@@H]4C[C@H]34)[C@H]2C1=O. The molecule has 3 saturated carbocycles. The van der Waals surface area contributed by atoms with E-state index in [0.717, 1.165) is 11.8 Å². The quantitative estimate of drug-likeness (QED) is 0.457. The topological polar surface area (TPSA) is 34.1 Å². The number of Topliss-reactive ketones (excluding diaryl/α,β-unsaturated/α-hetero) is 2. The summed E-state index contributed by atoms with van der Waals surface area (Å²) in [7, 11) is 0. The van der Waals surface area contributed by atoms with Crippen molar-refractivity contribution in [3.05, 3.63) is 12.2 Å². The second-order valence-electron chi connectivity index (χ2n) is 6.51. The maximum atomic E-state index is 12.4. The highest BCUT2D eigenvalue weighted by molar-refractivity contribution is 6.15. The molecule has 5 rings (SSSR count). The monoisotopic (exact) mass is 216 g/mol. The van der Waals surface area contributed by atoms with Crippen LogP contribution in [0.2, 0.25) is 0 Å². The molecule has 5 aliphatic carbocycles. The van der Waals surface area contributed by atoms with E-state index in [2.05, 4.69) is 12.2 Å². The van der Waals surface area contributed by atoms with Crippen LogP contribution < -0.4 is 0 Å². The molecule has 2 bridgehead atoms. The smallest absolute Gasteiger partial charge is 0.150 e. The molecule has 0 aromatic heterocycles. The van der Waals surface area contributed by atoms with E-state index in [4.69, 9.17) is 0 Å². The first-order valence-electron chi connectivity index (χ1n) is 6.30. The summed E-state index contributed by atoms with van der Waals surface area (Å²) in [5.41, 5.74) is -0.714. The normalized spacial score (nSPS) is 55.1. The van der Waals surface area contributed by atoms with Gasteiger partial charge in [-0.25, -0.2) is 0 Å². The summed E-state index contributed by atoms with van der Waals surface area (Å²) in [4.78, 5) is 24.7. The third kappa shape index (κ3) is 0.761. The van der Waals surface area contributed by atoms with Gasteiger partial charge in [0, 0.05) is 11.8 Å². The summed E-state index contributed by atoms with van der Waals surface area (Å²) < 4.78 is 0. The molecule has 0 N–H and O–H groups in total. The Morgan fingerprint density at radius 2 is 1.44 bits per heavy atom. The molecular weight excluding hydrogens is 200 g/mol. The van der Waals surface area contributed by atoms with Gasteiger partial charge in [-0.05, 0) is 43.9 Å². The van der Waals surface area contributed by atoms with Crippen LogP contribution >= 0.6 is 0 Å². The lowest BCUT2D eigenvalue weighted by atomic mass is 9.63. The maximum Gasteiger partial charge on any atom is 0.150 e. The van der Waals surface area contributed by atoms with E-state index >= 15 is 0 Å². The molecule has 0 aromatic rings. The Morgan fingerprint density at radius 3 is 1.88 bits per heavy atom. The summed E-state index contributed by atoms with van der Waals surface area (Å²) in [6.45, 7) is 3.64. The van der Waals surface area contributed by atoms with Crippen LogP contribution in [0, 0.1) is 40.9 Å². The fourth-order valence-electron chi connectivity index (χ4n) is 4.54. The highest BCUT2D eigenvalue weighted by Crippen LogP contribution is 2.67. The van der Waals surface area contributed by atoms with Crippen molar-refractivity contribution in [2.45, 2.75) is 20.3 Å². The van der Waals surface area contributed by atoms with Gasteiger partial charge in [0.15, 0.2) is 0 Å². The molecule has 0 unspecified atom stereocenters. The van der Waals surface area contributed by atoms with Crippen molar-refractivity contribution < 1.29 is 9.59 Å². The Morgan fingerprint density at radius 1 is 1.00 bits per heavy atom. The van der Waals surface area contributed by atoms with Crippen LogP contribution in [0.5, 0.6) is 0 Å². The summed E-state index contributed by atoms with van der Waals surface area (Å²) in [6, 6.07) is 0. The molecule has 0 heterocycles. The van der Waals surface area contributed by atoms with Crippen LogP contribution in [0.15, 0.2) is 12.2 Å². The van der Waals surface area contributed by atoms with Crippen LogP contribution in [0.4, 0.5) is 0 Å².